The first kappa shape index (κ1) is 23.3. The van der Waals surface area contributed by atoms with Gasteiger partial charge in [-0.2, -0.15) is 0 Å². The van der Waals surface area contributed by atoms with E-state index in [9.17, 15) is 31.2 Å². The van der Waals surface area contributed by atoms with Crippen molar-refractivity contribution < 1.29 is 36.3 Å². The molecule has 0 heterocycles. The second kappa shape index (κ2) is 9.04. The highest BCUT2D eigenvalue weighted by Crippen LogP contribution is 2.25. The average molecular weight is 472 g/mol. The molecule has 1 fully saturated rings. The number of anilines is 2. The third-order valence-corrected chi connectivity index (χ3v) is 6.48. The van der Waals surface area contributed by atoms with Crippen LogP contribution in [0.25, 0.3) is 0 Å². The average Bonchev–Trinajstić information content (AvgIpc) is 3.11. The molecule has 172 valence electrons. The van der Waals surface area contributed by atoms with E-state index < -0.39 is 56.5 Å². The van der Waals surface area contributed by atoms with Crippen LogP contribution in [0.2, 0.25) is 0 Å². The van der Waals surface area contributed by atoms with Crippen LogP contribution in [0.4, 0.5) is 29.3 Å². The van der Waals surface area contributed by atoms with Crippen molar-refractivity contribution >= 4 is 33.4 Å². The molecular weight excluding hydrogens is 453 g/mol. The fraction of sp³-hybridized carbons (Fsp3) is 0.263. The monoisotopic (exact) mass is 472 g/mol. The summed E-state index contributed by atoms with van der Waals surface area (Å²) in [5.41, 5.74) is 5.03. The second-order valence-corrected chi connectivity index (χ2v) is 8.86. The van der Waals surface area contributed by atoms with Crippen molar-refractivity contribution in [1.29, 1.82) is 0 Å². The van der Waals surface area contributed by atoms with Gasteiger partial charge in [-0.05, 0) is 37.5 Å². The van der Waals surface area contributed by atoms with Gasteiger partial charge >= 0.3 is 6.09 Å². The summed E-state index contributed by atoms with van der Waals surface area (Å²) in [7, 11) is -4.25. The molecule has 0 unspecified atom stereocenters. The third kappa shape index (κ3) is 5.11. The van der Waals surface area contributed by atoms with E-state index in [4.69, 9.17) is 10.8 Å². The Morgan fingerprint density at radius 1 is 1.03 bits per heavy atom. The lowest BCUT2D eigenvalue weighted by atomic mass is 10.2. The summed E-state index contributed by atoms with van der Waals surface area (Å²) in [5.74, 6) is -5.63. The predicted octanol–water partition coefficient (Wildman–Crippen LogP) is 2.41. The molecule has 13 heteroatoms. The number of nitrogens with two attached hydrogens (primary N) is 1. The molecule has 0 aliphatic heterocycles. The Hall–Kier alpha value is -3.32. The Bertz CT molecular complexity index is 1150. The molecule has 1 saturated carbocycles. The van der Waals surface area contributed by atoms with Gasteiger partial charge in [-0.3, -0.25) is 4.79 Å². The third-order valence-electron chi connectivity index (χ3n) is 4.94. The molecule has 0 saturated heterocycles. The van der Waals surface area contributed by atoms with Crippen molar-refractivity contribution in [3.8, 4) is 0 Å². The molecule has 0 spiro atoms. The number of amides is 2. The number of carbonyl (C=O) groups is 2. The van der Waals surface area contributed by atoms with Crippen molar-refractivity contribution in [1.82, 2.24) is 10.0 Å². The van der Waals surface area contributed by atoms with E-state index in [-0.39, 0.29) is 16.9 Å². The zero-order chi connectivity index (χ0) is 23.6. The predicted molar refractivity (Wildman–Crippen MR) is 108 cm³/mol. The molecule has 32 heavy (non-hydrogen) atoms. The highest BCUT2D eigenvalue weighted by molar-refractivity contribution is 7.89. The van der Waals surface area contributed by atoms with Crippen LogP contribution in [-0.2, 0) is 10.0 Å². The van der Waals surface area contributed by atoms with Crippen LogP contribution >= 0.6 is 0 Å². The molecule has 1 aliphatic carbocycles. The van der Waals surface area contributed by atoms with Gasteiger partial charge in [0.2, 0.25) is 10.0 Å². The largest absolute Gasteiger partial charge is 0.465 e. The molecule has 0 bridgehead atoms. The Labute approximate surface area is 180 Å². The standard InChI is InChI=1S/C19H19F3N4O5S/c20-11-7-10(8-12(21)17(11)22)24-18(27)9-4-5-13(23)16(6-9)32(30,31)26-15-3-1-2-14(15)25-19(28)29/h4-8,14-15,25-26H,1-3,23H2,(H,24,27)(H,28,29)/t14-,15+/m0/s1. The van der Waals surface area contributed by atoms with Crippen LogP contribution < -0.4 is 21.1 Å². The SMILES string of the molecule is Nc1ccc(C(=O)Nc2cc(F)c(F)c(F)c2)cc1S(=O)(=O)N[C@@H]1CCC[C@@H]1NC(=O)O. The van der Waals surface area contributed by atoms with Crippen molar-refractivity contribution in [3.63, 3.8) is 0 Å². The smallest absolute Gasteiger partial charge is 0.404 e. The molecule has 2 aromatic carbocycles. The van der Waals surface area contributed by atoms with E-state index in [0.29, 0.717) is 31.4 Å². The maximum atomic E-state index is 13.4. The van der Waals surface area contributed by atoms with Crippen LogP contribution in [0.5, 0.6) is 0 Å². The summed E-state index contributed by atoms with van der Waals surface area (Å²) in [6, 6.07) is 3.14. The summed E-state index contributed by atoms with van der Waals surface area (Å²) in [5, 5.41) is 13.3. The van der Waals surface area contributed by atoms with Gasteiger partial charge in [-0.1, -0.05) is 0 Å². The summed E-state index contributed by atoms with van der Waals surface area (Å²) < 4.78 is 67.9. The normalized spacial score (nSPS) is 18.3. The maximum Gasteiger partial charge on any atom is 0.404 e. The van der Waals surface area contributed by atoms with Crippen molar-refractivity contribution in [2.24, 2.45) is 0 Å². The van der Waals surface area contributed by atoms with Gasteiger partial charge in [0, 0.05) is 35.5 Å². The number of nitrogens with one attached hydrogen (secondary N) is 3. The molecule has 2 amide bonds. The number of nitrogen functional groups attached to an aromatic ring is 1. The summed E-state index contributed by atoms with van der Waals surface area (Å²) in [4.78, 5) is 22.9. The molecule has 3 rings (SSSR count). The molecule has 2 atom stereocenters. The van der Waals surface area contributed by atoms with Crippen LogP contribution in [0, 0.1) is 17.5 Å². The van der Waals surface area contributed by atoms with Gasteiger partial charge in [0.1, 0.15) is 4.90 Å². The number of hydrogen-bond acceptors (Lipinski definition) is 5. The zero-order valence-corrected chi connectivity index (χ0v) is 17.2. The molecule has 2 aromatic rings. The summed E-state index contributed by atoms with van der Waals surface area (Å²) in [6.45, 7) is 0. The Balaban J connectivity index is 1.83. The fourth-order valence-corrected chi connectivity index (χ4v) is 4.90. The van der Waals surface area contributed by atoms with Gasteiger partial charge < -0.3 is 21.5 Å². The number of carboxylic acid groups (broad SMARTS) is 1. The minimum absolute atomic E-state index is 0.173. The van der Waals surface area contributed by atoms with Gasteiger partial charge in [0.05, 0.1) is 5.69 Å². The van der Waals surface area contributed by atoms with Crippen LogP contribution in [0.3, 0.4) is 0 Å². The summed E-state index contributed by atoms with van der Waals surface area (Å²) in [6.07, 6.45) is 0.155. The van der Waals surface area contributed by atoms with Crippen molar-refractivity contribution in [2.75, 3.05) is 11.1 Å². The zero-order valence-electron chi connectivity index (χ0n) is 16.4. The van der Waals surface area contributed by atoms with E-state index in [1.54, 1.807) is 0 Å². The fourth-order valence-electron chi connectivity index (χ4n) is 3.43. The number of carbonyl (C=O) groups excluding carboxylic acids is 1. The van der Waals surface area contributed by atoms with Crippen molar-refractivity contribution in [2.45, 2.75) is 36.2 Å². The van der Waals surface area contributed by atoms with Crippen molar-refractivity contribution in [3.05, 3.63) is 53.3 Å². The van der Waals surface area contributed by atoms with Gasteiger partial charge in [0.15, 0.2) is 17.5 Å². The molecular formula is C19H19F3N4O5S. The molecule has 6 N–H and O–H groups in total. The first-order valence-electron chi connectivity index (χ1n) is 9.35. The second-order valence-electron chi connectivity index (χ2n) is 7.18. The topological polar surface area (TPSA) is 151 Å². The lowest BCUT2D eigenvalue weighted by Crippen LogP contribution is -2.48. The van der Waals surface area contributed by atoms with E-state index in [0.717, 1.165) is 12.1 Å². The molecule has 1 aliphatic rings. The molecule has 9 nitrogen and oxygen atoms in total. The van der Waals surface area contributed by atoms with Crippen LogP contribution in [0.15, 0.2) is 35.2 Å². The first-order chi connectivity index (χ1) is 15.0. The molecule has 0 aromatic heterocycles. The number of benzene rings is 2. The number of sulfonamides is 1. The number of hydrogen-bond donors (Lipinski definition) is 5. The van der Waals surface area contributed by atoms with E-state index in [1.807, 2.05) is 0 Å². The van der Waals surface area contributed by atoms with E-state index in [1.165, 1.54) is 6.07 Å². The van der Waals surface area contributed by atoms with Gasteiger partial charge in [0.25, 0.3) is 5.91 Å². The Morgan fingerprint density at radius 2 is 1.66 bits per heavy atom. The number of halogens is 3. The first-order valence-corrected chi connectivity index (χ1v) is 10.8. The van der Waals surface area contributed by atoms with E-state index >= 15 is 0 Å². The minimum Gasteiger partial charge on any atom is -0.465 e. The Kier molecular flexibility index (Phi) is 6.60. The van der Waals surface area contributed by atoms with E-state index in [2.05, 4.69) is 15.4 Å². The number of rotatable bonds is 6. The van der Waals surface area contributed by atoms with Crippen LogP contribution in [-0.4, -0.2) is 37.6 Å². The quantitative estimate of drug-likeness (QED) is 0.322. The van der Waals surface area contributed by atoms with Gasteiger partial charge in [-0.25, -0.2) is 31.1 Å². The lowest BCUT2D eigenvalue weighted by molar-refractivity contribution is 0.102. The maximum absolute atomic E-state index is 13.4. The highest BCUT2D eigenvalue weighted by atomic mass is 32.2. The Morgan fingerprint density at radius 3 is 2.28 bits per heavy atom. The molecule has 0 radical (unpaired) electrons. The minimum atomic E-state index is -4.25. The highest BCUT2D eigenvalue weighted by Gasteiger charge is 2.33. The lowest BCUT2D eigenvalue weighted by Gasteiger charge is -2.21. The summed E-state index contributed by atoms with van der Waals surface area (Å²) >= 11 is 0. The van der Waals surface area contributed by atoms with Crippen LogP contribution in [0.1, 0.15) is 29.6 Å². The van der Waals surface area contributed by atoms with Gasteiger partial charge in [-0.15, -0.1) is 0 Å².